The van der Waals surface area contributed by atoms with E-state index in [0.717, 1.165) is 0 Å². The van der Waals surface area contributed by atoms with Crippen molar-refractivity contribution in [1.29, 1.82) is 0 Å². The van der Waals surface area contributed by atoms with Crippen molar-refractivity contribution in [1.82, 2.24) is 0 Å². The molecule has 0 saturated heterocycles. The molecule has 0 unspecified atom stereocenters. The minimum Gasteiger partial charge on any atom is -0.0616 e. The molecular weight excluding hydrogens is 709 g/mol. The molecule has 0 N–H and O–H groups in total. The quantitative estimate of drug-likeness (QED) is 0.125. The fraction of sp³-hybridized carbons (Fsp3) is 0.119. The Bertz CT molecular complexity index is 3530. The lowest BCUT2D eigenvalue weighted by atomic mass is 9.77. The summed E-state index contributed by atoms with van der Waals surface area (Å²) >= 11 is 0. The van der Waals surface area contributed by atoms with Crippen molar-refractivity contribution in [3.8, 4) is 44.5 Å². The largest absolute Gasteiger partial charge is 0.0616 e. The van der Waals surface area contributed by atoms with E-state index in [1.165, 1.54) is 126 Å². The maximum atomic E-state index is 2.48. The van der Waals surface area contributed by atoms with E-state index >= 15 is 0 Å². The van der Waals surface area contributed by atoms with E-state index < -0.39 is 0 Å². The number of benzene rings is 11. The van der Waals surface area contributed by atoms with Gasteiger partial charge in [0.25, 0.3) is 0 Å². The molecule has 0 fully saturated rings. The van der Waals surface area contributed by atoms with Gasteiger partial charge in [-0.25, -0.2) is 0 Å². The zero-order valence-electron chi connectivity index (χ0n) is 34.2. The Morgan fingerprint density at radius 3 is 1.71 bits per heavy atom. The molecule has 0 atom stereocenters. The van der Waals surface area contributed by atoms with E-state index in [1.54, 1.807) is 0 Å². The molecule has 59 heavy (non-hydrogen) atoms. The van der Waals surface area contributed by atoms with Crippen LogP contribution in [0.2, 0.25) is 0 Å². The molecule has 12 rings (SSSR count). The molecule has 0 spiro atoms. The van der Waals surface area contributed by atoms with Crippen LogP contribution >= 0.6 is 0 Å². The summed E-state index contributed by atoms with van der Waals surface area (Å²) in [6.07, 6.45) is 0. The lowest BCUT2D eigenvalue weighted by Gasteiger charge is -2.27. The number of hydrogen-bond acceptors (Lipinski definition) is 0. The second-order valence-corrected chi connectivity index (χ2v) is 18.5. The van der Waals surface area contributed by atoms with E-state index in [0.29, 0.717) is 0 Å². The first-order valence-electron chi connectivity index (χ1n) is 21.1. The van der Waals surface area contributed by atoms with E-state index in [2.05, 4.69) is 211 Å². The smallest absolute Gasteiger partial charge is 0.0159 e. The highest BCUT2D eigenvalue weighted by molar-refractivity contribution is 6.26. The Hall–Kier alpha value is -6.76. The summed E-state index contributed by atoms with van der Waals surface area (Å²) in [5, 5.41) is 15.9. The van der Waals surface area contributed by atoms with Gasteiger partial charge in [-0.1, -0.05) is 186 Å². The second kappa shape index (κ2) is 12.1. The standard InChI is InChI=1S/C59H44/c1-58(2,3)57-47-21-9-8-20-45(47)55(44-22-12-14-35-13-6-7-19-43(35)44)46-28-26-40(32-50(46)57)38-17-11-18-39(31-38)41-27-29-48-51(33-41)59(4,5)52-34-42-24-23-36-15-10-16-37-25-30-49(56(48)52)54(42)53(36)37/h6-34H,1-5H3. The van der Waals surface area contributed by atoms with E-state index in [1.807, 2.05) is 0 Å². The molecule has 1 aliphatic rings. The van der Waals surface area contributed by atoms with Gasteiger partial charge in [0.05, 0.1) is 0 Å². The zero-order valence-corrected chi connectivity index (χ0v) is 34.2. The van der Waals surface area contributed by atoms with E-state index in [9.17, 15) is 0 Å². The van der Waals surface area contributed by atoms with Crippen LogP contribution in [0.15, 0.2) is 176 Å². The average molecular weight is 753 g/mol. The Kier molecular flexibility index (Phi) is 7.05. The number of fused-ring (bicyclic) bond motifs is 7. The van der Waals surface area contributed by atoms with Crippen molar-refractivity contribution < 1.29 is 0 Å². The fourth-order valence-electron chi connectivity index (χ4n) is 11.0. The third-order valence-electron chi connectivity index (χ3n) is 13.6. The predicted molar refractivity (Wildman–Crippen MR) is 255 cm³/mol. The van der Waals surface area contributed by atoms with Crippen molar-refractivity contribution in [3.63, 3.8) is 0 Å². The number of rotatable bonds is 3. The lowest BCUT2D eigenvalue weighted by Crippen LogP contribution is -2.15. The molecule has 0 aliphatic heterocycles. The van der Waals surface area contributed by atoms with Crippen molar-refractivity contribution in [3.05, 3.63) is 193 Å². The summed E-state index contributed by atoms with van der Waals surface area (Å²) in [5.74, 6) is 0. The van der Waals surface area contributed by atoms with Gasteiger partial charge in [-0.3, -0.25) is 0 Å². The first-order valence-corrected chi connectivity index (χ1v) is 21.1. The summed E-state index contributed by atoms with van der Waals surface area (Å²) in [4.78, 5) is 0. The summed E-state index contributed by atoms with van der Waals surface area (Å²) in [6.45, 7) is 11.9. The SMILES string of the molecule is CC(C)(C)c1c2ccccc2c(-c2cccc3ccccc23)c2ccc(-c3cccc(-c4ccc5c(c4)C(C)(C)c4cc6ccc7cccc8ccc(c4-5)c6c78)c3)cc12. The van der Waals surface area contributed by atoms with Crippen LogP contribution in [0.25, 0.3) is 109 Å². The summed E-state index contributed by atoms with van der Waals surface area (Å²) < 4.78 is 0. The van der Waals surface area contributed by atoms with Crippen LogP contribution in [0, 0.1) is 0 Å². The Morgan fingerprint density at radius 2 is 0.915 bits per heavy atom. The highest BCUT2D eigenvalue weighted by Gasteiger charge is 2.37. The monoisotopic (exact) mass is 752 g/mol. The van der Waals surface area contributed by atoms with Gasteiger partial charge < -0.3 is 0 Å². The van der Waals surface area contributed by atoms with E-state index in [-0.39, 0.29) is 10.8 Å². The van der Waals surface area contributed by atoms with Gasteiger partial charge in [-0.05, 0) is 156 Å². The molecule has 0 nitrogen and oxygen atoms in total. The Morgan fingerprint density at radius 1 is 0.339 bits per heavy atom. The molecule has 11 aromatic carbocycles. The van der Waals surface area contributed by atoms with E-state index in [4.69, 9.17) is 0 Å². The van der Waals surface area contributed by atoms with Gasteiger partial charge >= 0.3 is 0 Å². The first kappa shape index (κ1) is 34.3. The van der Waals surface area contributed by atoms with Crippen LogP contribution in [-0.4, -0.2) is 0 Å². The zero-order chi connectivity index (χ0) is 39.8. The van der Waals surface area contributed by atoms with Crippen LogP contribution in [0.3, 0.4) is 0 Å². The van der Waals surface area contributed by atoms with Crippen molar-refractivity contribution >= 4 is 64.6 Å². The van der Waals surface area contributed by atoms with Crippen LogP contribution in [0.1, 0.15) is 51.3 Å². The molecule has 0 saturated carbocycles. The molecule has 11 aromatic rings. The average Bonchev–Trinajstić information content (AvgIpc) is 3.48. The van der Waals surface area contributed by atoms with Gasteiger partial charge in [0.1, 0.15) is 0 Å². The molecule has 0 radical (unpaired) electrons. The minimum absolute atomic E-state index is 0.0695. The molecule has 1 aliphatic carbocycles. The second-order valence-electron chi connectivity index (χ2n) is 18.5. The normalized spacial score (nSPS) is 13.6. The molecule has 280 valence electrons. The summed E-state index contributed by atoms with van der Waals surface area (Å²) in [7, 11) is 0. The van der Waals surface area contributed by atoms with Crippen LogP contribution in [-0.2, 0) is 10.8 Å². The van der Waals surface area contributed by atoms with Gasteiger partial charge in [0.15, 0.2) is 0 Å². The minimum atomic E-state index is -0.130. The molecule has 0 aromatic heterocycles. The predicted octanol–water partition coefficient (Wildman–Crippen LogP) is 16.6. The summed E-state index contributed by atoms with van der Waals surface area (Å²) in [6, 6.07) is 66.7. The van der Waals surface area contributed by atoms with Crippen LogP contribution in [0.5, 0.6) is 0 Å². The molecule has 0 heterocycles. The van der Waals surface area contributed by atoms with Crippen LogP contribution < -0.4 is 0 Å². The maximum absolute atomic E-state index is 2.48. The van der Waals surface area contributed by atoms with Gasteiger partial charge in [0.2, 0.25) is 0 Å². The fourth-order valence-corrected chi connectivity index (χ4v) is 11.0. The highest BCUT2D eigenvalue weighted by Crippen LogP contribution is 2.54. The van der Waals surface area contributed by atoms with Gasteiger partial charge in [0, 0.05) is 5.41 Å². The lowest BCUT2D eigenvalue weighted by molar-refractivity contribution is 0.601. The molecule has 0 bridgehead atoms. The molecule has 0 heteroatoms. The van der Waals surface area contributed by atoms with Crippen molar-refractivity contribution in [2.45, 2.75) is 45.4 Å². The third kappa shape index (κ3) is 4.90. The third-order valence-corrected chi connectivity index (χ3v) is 13.6. The van der Waals surface area contributed by atoms with Crippen molar-refractivity contribution in [2.24, 2.45) is 0 Å². The summed E-state index contributed by atoms with van der Waals surface area (Å²) in [5.41, 5.74) is 14.4. The first-order chi connectivity index (χ1) is 28.6. The van der Waals surface area contributed by atoms with Crippen LogP contribution in [0.4, 0.5) is 0 Å². The molecular formula is C59H44. The maximum Gasteiger partial charge on any atom is 0.0159 e. The van der Waals surface area contributed by atoms with Gasteiger partial charge in [-0.15, -0.1) is 0 Å². The molecule has 0 amide bonds. The van der Waals surface area contributed by atoms with Gasteiger partial charge in [-0.2, -0.15) is 0 Å². The Labute approximate surface area is 345 Å². The highest BCUT2D eigenvalue weighted by atomic mass is 14.4. The van der Waals surface area contributed by atoms with Crippen molar-refractivity contribution in [2.75, 3.05) is 0 Å². The number of hydrogen-bond donors (Lipinski definition) is 0. The Balaban J connectivity index is 1.02. The topological polar surface area (TPSA) is 0 Å².